The highest BCUT2D eigenvalue weighted by Gasteiger charge is 2.21. The number of fused-ring (bicyclic) bond motifs is 1. The van der Waals surface area contributed by atoms with E-state index < -0.39 is 0 Å². The zero-order valence-corrected chi connectivity index (χ0v) is 19.5. The average Bonchev–Trinajstić information content (AvgIpc) is 3.22. The van der Waals surface area contributed by atoms with Crippen molar-refractivity contribution in [3.8, 4) is 0 Å². The second-order valence-electron chi connectivity index (χ2n) is 7.91. The highest BCUT2D eigenvalue weighted by Crippen LogP contribution is 2.30. The Bertz CT molecular complexity index is 1100. The van der Waals surface area contributed by atoms with Gasteiger partial charge >= 0.3 is 0 Å². The minimum atomic E-state index is -0.0919. The number of nitrogens with one attached hydrogen (secondary N) is 1. The number of benzene rings is 1. The zero-order valence-electron chi connectivity index (χ0n) is 17.8. The molecule has 4 rings (SSSR count). The third kappa shape index (κ3) is 5.10. The molecule has 0 radical (unpaired) electrons. The molecule has 31 heavy (non-hydrogen) atoms. The molecule has 1 aromatic carbocycles. The van der Waals surface area contributed by atoms with E-state index in [4.69, 9.17) is 0 Å². The van der Waals surface area contributed by atoms with Crippen molar-refractivity contribution in [3.05, 3.63) is 46.2 Å². The van der Waals surface area contributed by atoms with Gasteiger partial charge in [0.1, 0.15) is 4.70 Å². The van der Waals surface area contributed by atoms with E-state index in [9.17, 15) is 9.59 Å². The summed E-state index contributed by atoms with van der Waals surface area (Å²) in [4.78, 5) is 37.2. The molecular formula is C22H27N5O2S2. The molecule has 2 aromatic heterocycles. The molecule has 1 amide bonds. The lowest BCUT2D eigenvalue weighted by Crippen LogP contribution is -2.29. The van der Waals surface area contributed by atoms with E-state index in [0.717, 1.165) is 36.6 Å². The van der Waals surface area contributed by atoms with Gasteiger partial charge in [0, 0.05) is 25.7 Å². The standard InChI is InChI=1S/C22H27N5O2S2/c1-15(2)27-20(29)18-19(24-21(31-18)26-11-7-4-8-12-26)25-22(27)30-14-17(28)23-13-16-9-5-3-6-10-16/h3,5-6,9-10,15H,4,7-8,11-14H2,1-2H3,(H,23,28). The highest BCUT2D eigenvalue weighted by atomic mass is 32.2. The molecule has 3 aromatic rings. The van der Waals surface area contributed by atoms with E-state index in [1.54, 1.807) is 4.57 Å². The van der Waals surface area contributed by atoms with Crippen LogP contribution in [-0.4, -0.2) is 39.3 Å². The van der Waals surface area contributed by atoms with Crippen LogP contribution in [0.2, 0.25) is 0 Å². The normalized spacial score (nSPS) is 14.4. The topological polar surface area (TPSA) is 80.1 Å². The van der Waals surface area contributed by atoms with Gasteiger partial charge in [-0.05, 0) is 38.7 Å². The second-order valence-corrected chi connectivity index (χ2v) is 9.83. The van der Waals surface area contributed by atoms with E-state index in [1.165, 1.54) is 29.5 Å². The number of piperidine rings is 1. The van der Waals surface area contributed by atoms with Gasteiger partial charge in [-0.3, -0.25) is 14.2 Å². The average molecular weight is 458 g/mol. The minimum absolute atomic E-state index is 0.0557. The van der Waals surface area contributed by atoms with Crippen LogP contribution in [0.3, 0.4) is 0 Å². The van der Waals surface area contributed by atoms with E-state index in [0.29, 0.717) is 22.0 Å². The van der Waals surface area contributed by atoms with Crippen molar-refractivity contribution in [2.24, 2.45) is 0 Å². The van der Waals surface area contributed by atoms with Crippen molar-refractivity contribution in [3.63, 3.8) is 0 Å². The molecule has 1 aliphatic rings. The Morgan fingerprint density at radius 3 is 2.61 bits per heavy atom. The summed E-state index contributed by atoms with van der Waals surface area (Å²) in [6.07, 6.45) is 3.55. The smallest absolute Gasteiger partial charge is 0.274 e. The zero-order chi connectivity index (χ0) is 21.8. The summed E-state index contributed by atoms with van der Waals surface area (Å²) in [5, 5.41) is 4.33. The van der Waals surface area contributed by atoms with Gasteiger partial charge in [-0.15, -0.1) is 0 Å². The van der Waals surface area contributed by atoms with Gasteiger partial charge in [0.25, 0.3) is 5.56 Å². The van der Waals surface area contributed by atoms with Crippen LogP contribution in [0.5, 0.6) is 0 Å². The van der Waals surface area contributed by atoms with E-state index in [1.807, 2.05) is 44.2 Å². The maximum absolute atomic E-state index is 13.2. The third-order valence-electron chi connectivity index (χ3n) is 5.23. The fourth-order valence-electron chi connectivity index (χ4n) is 3.61. The summed E-state index contributed by atoms with van der Waals surface area (Å²) in [5.74, 6) is 0.103. The van der Waals surface area contributed by atoms with Crippen molar-refractivity contribution in [2.75, 3.05) is 23.7 Å². The summed E-state index contributed by atoms with van der Waals surface area (Å²) in [7, 11) is 0. The fraction of sp³-hybridized carbons (Fsp3) is 0.455. The monoisotopic (exact) mass is 457 g/mol. The summed E-state index contributed by atoms with van der Waals surface area (Å²) in [5.41, 5.74) is 1.46. The molecular weight excluding hydrogens is 430 g/mol. The number of thiazole rings is 1. The Labute approximate surface area is 189 Å². The van der Waals surface area contributed by atoms with Crippen molar-refractivity contribution in [1.82, 2.24) is 19.9 Å². The first-order valence-corrected chi connectivity index (χ1v) is 12.4. The number of amides is 1. The molecule has 164 valence electrons. The molecule has 0 unspecified atom stereocenters. The number of anilines is 1. The van der Waals surface area contributed by atoms with Gasteiger partial charge < -0.3 is 10.2 Å². The number of hydrogen-bond acceptors (Lipinski definition) is 7. The maximum atomic E-state index is 13.2. The molecule has 1 fully saturated rings. The van der Waals surface area contributed by atoms with Gasteiger partial charge in [0.2, 0.25) is 5.91 Å². The largest absolute Gasteiger partial charge is 0.351 e. The first-order valence-electron chi connectivity index (χ1n) is 10.6. The molecule has 3 heterocycles. The summed E-state index contributed by atoms with van der Waals surface area (Å²) in [6, 6.07) is 9.73. The number of rotatable bonds is 7. The van der Waals surface area contributed by atoms with E-state index in [-0.39, 0.29) is 23.3 Å². The van der Waals surface area contributed by atoms with Crippen LogP contribution in [0.4, 0.5) is 5.13 Å². The maximum Gasteiger partial charge on any atom is 0.274 e. The third-order valence-corrected chi connectivity index (χ3v) is 7.27. The molecule has 1 N–H and O–H groups in total. The molecule has 0 aliphatic carbocycles. The van der Waals surface area contributed by atoms with Gasteiger partial charge in [-0.25, -0.2) is 4.98 Å². The van der Waals surface area contributed by atoms with Crippen LogP contribution in [0.1, 0.15) is 44.7 Å². The number of nitrogens with zero attached hydrogens (tertiary/aromatic N) is 4. The van der Waals surface area contributed by atoms with Crippen molar-refractivity contribution < 1.29 is 4.79 Å². The second kappa shape index (κ2) is 9.82. The summed E-state index contributed by atoms with van der Waals surface area (Å²) >= 11 is 2.71. The Morgan fingerprint density at radius 1 is 1.16 bits per heavy atom. The predicted molar refractivity (Wildman–Crippen MR) is 127 cm³/mol. The van der Waals surface area contributed by atoms with Crippen LogP contribution < -0.4 is 15.8 Å². The van der Waals surface area contributed by atoms with Crippen molar-refractivity contribution >= 4 is 44.5 Å². The van der Waals surface area contributed by atoms with Crippen LogP contribution in [0, 0.1) is 0 Å². The molecule has 0 saturated carbocycles. The van der Waals surface area contributed by atoms with Crippen LogP contribution in [-0.2, 0) is 11.3 Å². The number of hydrogen-bond donors (Lipinski definition) is 1. The molecule has 0 atom stereocenters. The lowest BCUT2D eigenvalue weighted by atomic mass is 10.1. The van der Waals surface area contributed by atoms with Crippen LogP contribution in [0.25, 0.3) is 10.3 Å². The van der Waals surface area contributed by atoms with Crippen molar-refractivity contribution in [2.45, 2.75) is 50.9 Å². The Balaban J connectivity index is 1.52. The molecule has 1 saturated heterocycles. The Kier molecular flexibility index (Phi) is 6.92. The quantitative estimate of drug-likeness (QED) is 0.429. The Hall–Kier alpha value is -2.39. The minimum Gasteiger partial charge on any atom is -0.351 e. The SMILES string of the molecule is CC(C)n1c(SCC(=O)NCc2ccccc2)nc2nc(N3CCCCC3)sc2c1=O. The first kappa shape index (κ1) is 21.8. The first-order chi connectivity index (χ1) is 15.0. The number of aromatic nitrogens is 3. The predicted octanol–water partition coefficient (Wildman–Crippen LogP) is 3.83. The lowest BCUT2D eigenvalue weighted by Gasteiger charge is -2.25. The molecule has 9 heteroatoms. The number of thioether (sulfide) groups is 1. The van der Waals surface area contributed by atoms with Gasteiger partial charge in [-0.1, -0.05) is 53.4 Å². The van der Waals surface area contributed by atoms with Gasteiger partial charge in [0.05, 0.1) is 5.75 Å². The fourth-order valence-corrected chi connectivity index (χ4v) is 5.55. The van der Waals surface area contributed by atoms with Crippen molar-refractivity contribution in [1.29, 1.82) is 0 Å². The van der Waals surface area contributed by atoms with Gasteiger partial charge in [0.15, 0.2) is 15.9 Å². The Morgan fingerprint density at radius 2 is 1.90 bits per heavy atom. The summed E-state index contributed by atoms with van der Waals surface area (Å²) in [6.45, 7) is 6.35. The number of carbonyl (C=O) groups is 1. The van der Waals surface area contributed by atoms with E-state index in [2.05, 4.69) is 20.2 Å². The molecule has 1 aliphatic heterocycles. The van der Waals surface area contributed by atoms with E-state index >= 15 is 0 Å². The number of carbonyl (C=O) groups excluding carboxylic acids is 1. The molecule has 0 bridgehead atoms. The molecule has 0 spiro atoms. The summed E-state index contributed by atoms with van der Waals surface area (Å²) < 4.78 is 2.27. The highest BCUT2D eigenvalue weighted by molar-refractivity contribution is 7.99. The lowest BCUT2D eigenvalue weighted by molar-refractivity contribution is -0.118. The molecule has 7 nitrogen and oxygen atoms in total. The van der Waals surface area contributed by atoms with Gasteiger partial charge in [-0.2, -0.15) is 4.98 Å². The van der Waals surface area contributed by atoms with Crippen LogP contribution in [0.15, 0.2) is 40.3 Å². The van der Waals surface area contributed by atoms with Crippen LogP contribution >= 0.6 is 23.1 Å².